The fraction of sp³-hybridized carbons (Fsp3) is 0.300. The molecule has 10 nitrogen and oxygen atoms in total. The minimum absolute atomic E-state index is 0.201. The van der Waals surface area contributed by atoms with Crippen molar-refractivity contribution in [2.24, 2.45) is 0 Å². The van der Waals surface area contributed by atoms with Gasteiger partial charge in [0.25, 0.3) is 11.8 Å². The molecule has 1 unspecified atom stereocenters. The number of benzene rings is 2. The number of fused-ring (bicyclic) bond motifs is 2. The first kappa shape index (κ1) is 25.8. The topological polar surface area (TPSA) is 101 Å². The van der Waals surface area contributed by atoms with E-state index >= 15 is 0 Å². The monoisotopic (exact) mass is 538 g/mol. The summed E-state index contributed by atoms with van der Waals surface area (Å²) in [7, 11) is 4.01. The van der Waals surface area contributed by atoms with Gasteiger partial charge >= 0.3 is 0 Å². The van der Waals surface area contributed by atoms with Gasteiger partial charge in [-0.15, -0.1) is 0 Å². The molecule has 0 N–H and O–H groups in total. The van der Waals surface area contributed by atoms with Gasteiger partial charge in [0, 0.05) is 63.9 Å². The number of aromatic nitrogens is 3. The molecule has 10 heteroatoms. The quantitative estimate of drug-likeness (QED) is 0.313. The van der Waals surface area contributed by atoms with Crippen molar-refractivity contribution in [3.8, 4) is 17.1 Å². The first-order valence-corrected chi connectivity index (χ1v) is 13.3. The van der Waals surface area contributed by atoms with Gasteiger partial charge in [-0.05, 0) is 30.3 Å². The predicted molar refractivity (Wildman–Crippen MR) is 151 cm³/mol. The van der Waals surface area contributed by atoms with E-state index in [9.17, 15) is 9.59 Å². The van der Waals surface area contributed by atoms with Crippen LogP contribution in [-0.4, -0.2) is 96.2 Å². The van der Waals surface area contributed by atoms with E-state index in [4.69, 9.17) is 14.5 Å². The summed E-state index contributed by atoms with van der Waals surface area (Å²) in [6.45, 7) is 3.03. The second-order valence-corrected chi connectivity index (χ2v) is 10.1. The molecule has 1 saturated heterocycles. The number of ether oxygens (including phenoxy) is 2. The summed E-state index contributed by atoms with van der Waals surface area (Å²) in [6, 6.07) is 17.0. The zero-order valence-corrected chi connectivity index (χ0v) is 22.5. The number of imide groups is 1. The molecule has 2 aliphatic rings. The van der Waals surface area contributed by atoms with Crippen LogP contribution < -0.4 is 9.64 Å². The van der Waals surface area contributed by atoms with Crippen molar-refractivity contribution in [1.82, 2.24) is 24.8 Å². The number of morpholine rings is 1. The lowest BCUT2D eigenvalue weighted by Crippen LogP contribution is -2.48. The van der Waals surface area contributed by atoms with E-state index in [1.807, 2.05) is 49.3 Å². The van der Waals surface area contributed by atoms with Crippen molar-refractivity contribution >= 4 is 28.5 Å². The van der Waals surface area contributed by atoms with Gasteiger partial charge in [0.05, 0.1) is 28.9 Å². The van der Waals surface area contributed by atoms with E-state index in [0.29, 0.717) is 60.8 Å². The van der Waals surface area contributed by atoms with E-state index in [1.54, 1.807) is 36.7 Å². The van der Waals surface area contributed by atoms with E-state index in [0.717, 1.165) is 16.9 Å². The molecular formula is C30H30N6O4. The fourth-order valence-corrected chi connectivity index (χ4v) is 5.06. The van der Waals surface area contributed by atoms with Crippen LogP contribution in [0.1, 0.15) is 20.7 Å². The highest BCUT2D eigenvalue weighted by Crippen LogP contribution is 2.28. The molecule has 0 bridgehead atoms. The number of hydrogen-bond donors (Lipinski definition) is 0. The van der Waals surface area contributed by atoms with E-state index < -0.39 is 0 Å². The maximum atomic E-state index is 12.7. The Morgan fingerprint density at radius 3 is 2.42 bits per heavy atom. The molecule has 0 radical (unpaired) electrons. The summed E-state index contributed by atoms with van der Waals surface area (Å²) in [4.78, 5) is 44.7. The minimum Gasteiger partial charge on any atom is -0.473 e. The number of carbonyl (C=O) groups is 2. The first-order valence-electron chi connectivity index (χ1n) is 13.3. The van der Waals surface area contributed by atoms with Crippen LogP contribution >= 0.6 is 0 Å². The predicted octanol–water partition coefficient (Wildman–Crippen LogP) is 3.13. The zero-order chi connectivity index (χ0) is 27.6. The molecule has 0 saturated carbocycles. The fourth-order valence-electron chi connectivity index (χ4n) is 5.06. The first-order chi connectivity index (χ1) is 19.5. The molecule has 6 rings (SSSR count). The SMILES string of the molecule is CN(C)c1ccc(-c2cc3nccnc3c(OCC3CN(CCN4C(=O)c5ccccc5C4=O)CCO3)n2)cc1. The highest BCUT2D eigenvalue weighted by molar-refractivity contribution is 6.21. The average molecular weight is 539 g/mol. The van der Waals surface area contributed by atoms with Gasteiger partial charge in [0.2, 0.25) is 5.88 Å². The third-order valence-corrected chi connectivity index (χ3v) is 7.25. The summed E-state index contributed by atoms with van der Waals surface area (Å²) in [6.07, 6.45) is 3.08. The number of nitrogens with zero attached hydrogens (tertiary/aromatic N) is 6. The number of anilines is 1. The summed E-state index contributed by atoms with van der Waals surface area (Å²) in [5.74, 6) is -0.0582. The molecule has 40 heavy (non-hydrogen) atoms. The van der Waals surface area contributed by atoms with Crippen molar-refractivity contribution < 1.29 is 19.1 Å². The summed E-state index contributed by atoms with van der Waals surface area (Å²) >= 11 is 0. The molecule has 204 valence electrons. The third-order valence-electron chi connectivity index (χ3n) is 7.25. The standard InChI is InChI=1S/C30H30N6O4/c1-34(2)21-9-7-20(8-10-21)25-17-26-27(32-12-11-31-26)28(33-25)40-19-22-18-35(15-16-39-22)13-14-36-29(37)23-5-3-4-6-24(23)30(36)38/h3-12,17,22H,13-16,18-19H2,1-2H3. The summed E-state index contributed by atoms with van der Waals surface area (Å²) in [5, 5.41) is 0. The van der Waals surface area contributed by atoms with Gasteiger partial charge in [-0.2, -0.15) is 0 Å². The molecule has 0 aliphatic carbocycles. The maximum Gasteiger partial charge on any atom is 0.261 e. The van der Waals surface area contributed by atoms with Crippen molar-refractivity contribution in [2.45, 2.75) is 6.10 Å². The highest BCUT2D eigenvalue weighted by Gasteiger charge is 2.35. The normalized spacial score (nSPS) is 17.4. The van der Waals surface area contributed by atoms with Gasteiger partial charge in [-0.3, -0.25) is 24.4 Å². The molecule has 1 fully saturated rings. The number of carbonyl (C=O) groups excluding carboxylic acids is 2. The molecule has 1 atom stereocenters. The number of rotatable bonds is 8. The van der Waals surface area contributed by atoms with Crippen LogP contribution in [0, 0.1) is 0 Å². The number of hydrogen-bond acceptors (Lipinski definition) is 9. The van der Waals surface area contributed by atoms with Gasteiger partial charge < -0.3 is 14.4 Å². The Hall–Kier alpha value is -4.41. The molecular weight excluding hydrogens is 508 g/mol. The van der Waals surface area contributed by atoms with E-state index in [1.165, 1.54) is 4.90 Å². The van der Waals surface area contributed by atoms with Gasteiger partial charge in [-0.25, -0.2) is 9.97 Å². The van der Waals surface area contributed by atoms with Crippen LogP contribution in [0.5, 0.6) is 5.88 Å². The average Bonchev–Trinajstić information content (AvgIpc) is 3.23. The Balaban J connectivity index is 1.12. The van der Waals surface area contributed by atoms with Crippen molar-refractivity contribution in [3.05, 3.63) is 78.1 Å². The van der Waals surface area contributed by atoms with E-state index in [-0.39, 0.29) is 24.5 Å². The van der Waals surface area contributed by atoms with Gasteiger partial charge in [-0.1, -0.05) is 24.3 Å². The Morgan fingerprint density at radius 1 is 0.975 bits per heavy atom. The highest BCUT2D eigenvalue weighted by atomic mass is 16.5. The molecule has 4 aromatic rings. The van der Waals surface area contributed by atoms with Crippen molar-refractivity contribution in [3.63, 3.8) is 0 Å². The third kappa shape index (κ3) is 5.11. The van der Waals surface area contributed by atoms with Crippen molar-refractivity contribution in [1.29, 1.82) is 0 Å². The summed E-state index contributed by atoms with van der Waals surface area (Å²) < 4.78 is 12.2. The molecule has 0 spiro atoms. The van der Waals surface area contributed by atoms with Gasteiger partial charge in [0.1, 0.15) is 12.7 Å². The lowest BCUT2D eigenvalue weighted by atomic mass is 10.1. The Morgan fingerprint density at radius 2 is 1.70 bits per heavy atom. The summed E-state index contributed by atoms with van der Waals surface area (Å²) in [5.41, 5.74) is 5.04. The van der Waals surface area contributed by atoms with Gasteiger partial charge in [0.15, 0.2) is 5.52 Å². The maximum absolute atomic E-state index is 12.7. The van der Waals surface area contributed by atoms with Crippen LogP contribution in [0.2, 0.25) is 0 Å². The zero-order valence-electron chi connectivity index (χ0n) is 22.5. The number of amides is 2. The molecule has 2 aromatic heterocycles. The van der Waals surface area contributed by atoms with Crippen molar-refractivity contribution in [2.75, 3.05) is 58.4 Å². The second-order valence-electron chi connectivity index (χ2n) is 10.1. The van der Waals surface area contributed by atoms with Crippen LogP contribution in [0.3, 0.4) is 0 Å². The molecule has 2 aliphatic heterocycles. The smallest absolute Gasteiger partial charge is 0.261 e. The lowest BCUT2D eigenvalue weighted by molar-refractivity contribution is -0.0490. The number of pyridine rings is 1. The van der Waals surface area contributed by atoms with E-state index in [2.05, 4.69) is 14.9 Å². The lowest BCUT2D eigenvalue weighted by Gasteiger charge is -2.33. The Bertz CT molecular complexity index is 1520. The molecule has 2 amide bonds. The molecule has 2 aromatic carbocycles. The van der Waals surface area contributed by atoms with Crippen LogP contribution in [0.15, 0.2) is 67.0 Å². The Kier molecular flexibility index (Phi) is 7.10. The second kappa shape index (κ2) is 11.0. The van der Waals surface area contributed by atoms with Crippen LogP contribution in [-0.2, 0) is 4.74 Å². The van der Waals surface area contributed by atoms with Crippen LogP contribution in [0.25, 0.3) is 22.3 Å². The Labute approximate surface area is 232 Å². The minimum atomic E-state index is -0.232. The van der Waals surface area contributed by atoms with Crippen LogP contribution in [0.4, 0.5) is 5.69 Å². The molecule has 4 heterocycles. The largest absolute Gasteiger partial charge is 0.473 e.